The number of amides is 2. The minimum atomic E-state index is -2.77. The normalized spacial score (nSPS) is 28.3. The van der Waals surface area contributed by atoms with Gasteiger partial charge in [0.25, 0.3) is 0 Å². The Labute approximate surface area is 241 Å². The molecular weight excluding hydrogens is 542 g/mol. The number of ketones is 4. The van der Waals surface area contributed by atoms with E-state index < -0.39 is 64.4 Å². The number of fused-ring (bicyclic) bond motifs is 3. The molecule has 0 aromatic heterocycles. The number of carbonyl (C=O) groups excluding carboxylic acids is 6. The van der Waals surface area contributed by atoms with E-state index in [9.17, 15) is 39.0 Å². The molecule has 11 heteroatoms. The molecule has 42 heavy (non-hydrogen) atoms. The number of aromatic hydroxyl groups is 1. The lowest BCUT2D eigenvalue weighted by molar-refractivity contribution is -0.181. The van der Waals surface area contributed by atoms with Crippen molar-refractivity contribution >= 4 is 40.6 Å². The number of phenolic OH excluding ortho intramolecular Hbond substituents is 1. The first-order valence-electron chi connectivity index (χ1n) is 13.4. The molecule has 6 atom stereocenters. The van der Waals surface area contributed by atoms with Gasteiger partial charge < -0.3 is 21.3 Å². The van der Waals surface area contributed by atoms with Crippen LogP contribution in [0.3, 0.4) is 0 Å². The summed E-state index contributed by atoms with van der Waals surface area (Å²) in [7, 11) is 3.06. The molecule has 2 fully saturated rings. The number of benzene rings is 2. The fourth-order valence-corrected chi connectivity index (χ4v) is 6.70. The number of hydrogen-bond acceptors (Lipinski definition) is 9. The van der Waals surface area contributed by atoms with Crippen LogP contribution in [-0.2, 0) is 30.4 Å². The fourth-order valence-electron chi connectivity index (χ4n) is 6.70. The Hall–Kier alpha value is -4.66. The van der Waals surface area contributed by atoms with E-state index in [1.54, 1.807) is 30.3 Å². The van der Waals surface area contributed by atoms with Gasteiger partial charge in [-0.05, 0) is 74.8 Å². The molecule has 0 bridgehead atoms. The first-order chi connectivity index (χ1) is 19.8. The van der Waals surface area contributed by atoms with Gasteiger partial charge in [-0.1, -0.05) is 11.8 Å². The lowest BCUT2D eigenvalue weighted by atomic mass is 9.52. The summed E-state index contributed by atoms with van der Waals surface area (Å²) in [5.41, 5.74) is 4.55. The number of aliphatic hydroxyl groups is 1. The summed E-state index contributed by atoms with van der Waals surface area (Å²) in [6, 6.07) is 8.50. The largest absolute Gasteiger partial charge is 0.507 e. The maximum absolute atomic E-state index is 13.9. The van der Waals surface area contributed by atoms with E-state index in [1.165, 1.54) is 32.0 Å². The molecule has 216 valence electrons. The molecule has 2 aromatic carbocycles. The molecule has 2 saturated carbocycles. The Morgan fingerprint density at radius 3 is 2.29 bits per heavy atom. The van der Waals surface area contributed by atoms with E-state index in [0.717, 1.165) is 0 Å². The Bertz CT molecular complexity index is 1630. The summed E-state index contributed by atoms with van der Waals surface area (Å²) >= 11 is 0. The minimum absolute atomic E-state index is 0.0446. The molecule has 5 rings (SSSR count). The van der Waals surface area contributed by atoms with Crippen LogP contribution in [0.5, 0.6) is 5.75 Å². The van der Waals surface area contributed by atoms with Crippen LogP contribution in [0, 0.1) is 35.5 Å². The Morgan fingerprint density at radius 1 is 1.02 bits per heavy atom. The van der Waals surface area contributed by atoms with E-state index in [2.05, 4.69) is 17.2 Å². The summed E-state index contributed by atoms with van der Waals surface area (Å²) in [4.78, 5) is 79.0. The standard InChI is InChI=1S/C31H29N3O8/c1-14(35)33-18-9-5-15(6-10-18)4-7-16-8-11-21(36)23-19(16)12-17-13-20-25(34(2)3)27(38)24(30(32)41)29(40)31(20,42)28(39)22(17)26(23)37/h5-6,8-11,17,20,22,24-25,36,42H,12-13H2,1-3H3,(H2,32,41)(H,33,35)/t17-,20-,22?,24?,25-,31-/m1/s1. The molecule has 0 spiro atoms. The number of primary amides is 1. The number of nitrogens with two attached hydrogens (primary N) is 1. The molecule has 2 amide bonds. The van der Waals surface area contributed by atoms with Crippen molar-refractivity contribution in [3.63, 3.8) is 0 Å². The van der Waals surface area contributed by atoms with Gasteiger partial charge in [0.15, 0.2) is 34.7 Å². The van der Waals surface area contributed by atoms with Gasteiger partial charge in [0.1, 0.15) is 5.75 Å². The van der Waals surface area contributed by atoms with Gasteiger partial charge in [0, 0.05) is 29.7 Å². The van der Waals surface area contributed by atoms with E-state index in [0.29, 0.717) is 22.4 Å². The van der Waals surface area contributed by atoms with Crippen molar-refractivity contribution in [3.8, 4) is 17.6 Å². The average molecular weight is 572 g/mol. The van der Waals surface area contributed by atoms with Crippen molar-refractivity contribution in [1.82, 2.24) is 4.90 Å². The van der Waals surface area contributed by atoms with Crippen LogP contribution >= 0.6 is 0 Å². The van der Waals surface area contributed by atoms with Crippen LogP contribution in [0.2, 0.25) is 0 Å². The quantitative estimate of drug-likeness (QED) is 0.296. The third-order valence-corrected chi connectivity index (χ3v) is 8.49. The number of nitrogens with zero attached hydrogens (tertiary/aromatic N) is 1. The number of nitrogens with one attached hydrogen (secondary N) is 1. The van der Waals surface area contributed by atoms with Crippen molar-refractivity contribution in [1.29, 1.82) is 0 Å². The highest BCUT2D eigenvalue weighted by Crippen LogP contribution is 2.50. The third kappa shape index (κ3) is 4.40. The predicted octanol–water partition coefficient (Wildman–Crippen LogP) is 0.225. The molecule has 0 saturated heterocycles. The molecule has 11 nitrogen and oxygen atoms in total. The minimum Gasteiger partial charge on any atom is -0.507 e. The second-order valence-electron chi connectivity index (χ2n) is 11.3. The number of anilines is 1. The highest BCUT2D eigenvalue weighted by atomic mass is 16.3. The second-order valence-corrected chi connectivity index (χ2v) is 11.3. The van der Waals surface area contributed by atoms with Crippen LogP contribution in [-0.4, -0.2) is 75.8 Å². The van der Waals surface area contributed by atoms with Crippen molar-refractivity contribution < 1.29 is 39.0 Å². The van der Waals surface area contributed by atoms with Crippen LogP contribution in [0.25, 0.3) is 0 Å². The monoisotopic (exact) mass is 571 g/mol. The van der Waals surface area contributed by atoms with Crippen LogP contribution < -0.4 is 11.1 Å². The molecule has 2 unspecified atom stereocenters. The van der Waals surface area contributed by atoms with Gasteiger partial charge in [-0.3, -0.25) is 33.7 Å². The smallest absolute Gasteiger partial charge is 0.235 e. The summed E-state index contributed by atoms with van der Waals surface area (Å²) in [6.45, 7) is 1.40. The van der Waals surface area contributed by atoms with Crippen molar-refractivity contribution in [2.24, 2.45) is 29.4 Å². The highest BCUT2D eigenvalue weighted by Gasteiger charge is 2.69. The molecule has 2 aromatic rings. The number of hydrogen-bond donors (Lipinski definition) is 4. The zero-order valence-electron chi connectivity index (χ0n) is 23.1. The van der Waals surface area contributed by atoms with Crippen molar-refractivity contribution in [2.75, 3.05) is 19.4 Å². The first-order valence-corrected chi connectivity index (χ1v) is 13.4. The Balaban J connectivity index is 1.55. The molecule has 3 aliphatic carbocycles. The lowest BCUT2D eigenvalue weighted by Gasteiger charge is -2.52. The highest BCUT2D eigenvalue weighted by molar-refractivity contribution is 6.32. The van der Waals surface area contributed by atoms with Gasteiger partial charge in [0.2, 0.25) is 11.8 Å². The van der Waals surface area contributed by atoms with E-state index in [1.807, 2.05) is 0 Å². The molecular formula is C31H29N3O8. The third-order valence-electron chi connectivity index (χ3n) is 8.49. The molecule has 0 aliphatic heterocycles. The van der Waals surface area contributed by atoms with Crippen LogP contribution in [0.4, 0.5) is 5.69 Å². The maximum Gasteiger partial charge on any atom is 0.235 e. The van der Waals surface area contributed by atoms with E-state index in [-0.39, 0.29) is 30.1 Å². The number of rotatable bonds is 3. The van der Waals surface area contributed by atoms with Gasteiger partial charge >= 0.3 is 0 Å². The average Bonchev–Trinajstić information content (AvgIpc) is 2.90. The topological polar surface area (TPSA) is 184 Å². The summed E-state index contributed by atoms with van der Waals surface area (Å²) < 4.78 is 0. The van der Waals surface area contributed by atoms with E-state index in [4.69, 9.17) is 5.73 Å². The maximum atomic E-state index is 13.9. The van der Waals surface area contributed by atoms with Crippen molar-refractivity contribution in [3.05, 3.63) is 58.7 Å². The Kier molecular flexibility index (Phi) is 7.08. The zero-order valence-corrected chi connectivity index (χ0v) is 23.1. The molecule has 0 heterocycles. The Morgan fingerprint density at radius 2 is 1.69 bits per heavy atom. The lowest BCUT2D eigenvalue weighted by Crippen LogP contribution is -2.74. The van der Waals surface area contributed by atoms with Gasteiger partial charge in [-0.25, -0.2) is 0 Å². The van der Waals surface area contributed by atoms with Crippen LogP contribution in [0.15, 0.2) is 36.4 Å². The molecule has 3 aliphatic rings. The van der Waals surface area contributed by atoms with Crippen LogP contribution in [0.1, 0.15) is 40.4 Å². The number of carbonyl (C=O) groups is 6. The van der Waals surface area contributed by atoms with Gasteiger partial charge in [0.05, 0.1) is 17.5 Å². The number of likely N-dealkylation sites (N-methyl/N-ethyl adjacent to an activating group) is 1. The predicted molar refractivity (Wildman–Crippen MR) is 148 cm³/mol. The van der Waals surface area contributed by atoms with Gasteiger partial charge in [-0.2, -0.15) is 0 Å². The zero-order chi connectivity index (χ0) is 30.7. The first kappa shape index (κ1) is 28.9. The summed E-state index contributed by atoms with van der Waals surface area (Å²) in [5.74, 6) is -5.18. The summed E-state index contributed by atoms with van der Waals surface area (Å²) in [6.07, 6.45) is 0.0722. The summed E-state index contributed by atoms with van der Waals surface area (Å²) in [5, 5.41) is 25.0. The number of Topliss-reactive ketones (excluding diaryl/α,β-unsaturated/α-hetero) is 4. The molecule has 0 radical (unpaired) electrons. The van der Waals surface area contributed by atoms with Gasteiger partial charge in [-0.15, -0.1) is 0 Å². The number of phenols is 1. The van der Waals surface area contributed by atoms with E-state index >= 15 is 0 Å². The molecule has 5 N–H and O–H groups in total. The SMILES string of the molecule is CC(=O)Nc1ccc(C#Cc2ccc(O)c3c2C[C@@H]2C[C@@H]4[C@@H](N(C)C)C(=O)C(C(N)=O)C(=O)[C@]4(O)C(=O)C2C3=O)cc1. The van der Waals surface area contributed by atoms with Crippen molar-refractivity contribution in [2.45, 2.75) is 31.4 Å². The fraction of sp³-hybridized carbons (Fsp3) is 0.355. The second kappa shape index (κ2) is 10.3.